The number of hydrogen-bond acceptors (Lipinski definition) is 3. The molecule has 0 spiro atoms. The number of para-hydroxylation sites is 1. The van der Waals surface area contributed by atoms with Gasteiger partial charge in [0.1, 0.15) is 11.5 Å². The molecule has 3 N–H and O–H groups in total. The third-order valence-electron chi connectivity index (χ3n) is 2.63. The van der Waals surface area contributed by atoms with Gasteiger partial charge in [-0.25, -0.2) is 0 Å². The molecular weight excluding hydrogens is 228 g/mol. The Morgan fingerprint density at radius 1 is 1.28 bits per heavy atom. The van der Waals surface area contributed by atoms with Crippen LogP contribution in [0, 0.1) is 6.92 Å². The van der Waals surface area contributed by atoms with Crippen LogP contribution in [-0.4, -0.2) is 5.91 Å². The van der Waals surface area contributed by atoms with Crippen LogP contribution in [0.4, 0.5) is 5.69 Å². The van der Waals surface area contributed by atoms with Crippen molar-refractivity contribution in [1.82, 2.24) is 0 Å². The molecule has 0 unspecified atom stereocenters. The van der Waals surface area contributed by atoms with Crippen LogP contribution in [0.15, 0.2) is 40.8 Å². The number of nitrogens with one attached hydrogen (secondary N) is 1. The molecule has 0 saturated heterocycles. The van der Waals surface area contributed by atoms with Gasteiger partial charge in [-0.3, -0.25) is 4.79 Å². The Kier molecular flexibility index (Phi) is 3.67. The maximum atomic E-state index is 11.0. The van der Waals surface area contributed by atoms with E-state index in [9.17, 15) is 4.79 Å². The first kappa shape index (κ1) is 12.2. The fourth-order valence-corrected chi connectivity index (χ4v) is 1.80. The second-order valence-electron chi connectivity index (χ2n) is 4.17. The van der Waals surface area contributed by atoms with E-state index in [0.717, 1.165) is 22.8 Å². The van der Waals surface area contributed by atoms with Crippen molar-refractivity contribution < 1.29 is 9.21 Å². The average Bonchev–Trinajstić information content (AvgIpc) is 2.73. The summed E-state index contributed by atoms with van der Waals surface area (Å²) in [6.45, 7) is 2.49. The maximum absolute atomic E-state index is 11.0. The van der Waals surface area contributed by atoms with Gasteiger partial charge in [0.25, 0.3) is 0 Å². The minimum Gasteiger partial charge on any atom is -0.465 e. The lowest BCUT2D eigenvalue weighted by Crippen LogP contribution is -2.15. The standard InChI is InChI=1S/C14H16N2O2/c1-10-6-7-12(18-10)9-16-13-5-3-2-4-11(13)8-14(15)17/h2-7,16H,8-9H2,1H3,(H2,15,17). The SMILES string of the molecule is Cc1ccc(CNc2ccccc2CC(N)=O)o1. The van der Waals surface area contributed by atoms with Crippen LogP contribution in [0.5, 0.6) is 0 Å². The Bertz CT molecular complexity index is 546. The van der Waals surface area contributed by atoms with E-state index in [1.807, 2.05) is 43.3 Å². The van der Waals surface area contributed by atoms with E-state index in [4.69, 9.17) is 10.2 Å². The highest BCUT2D eigenvalue weighted by atomic mass is 16.3. The Labute approximate surface area is 106 Å². The van der Waals surface area contributed by atoms with Crippen molar-refractivity contribution in [2.45, 2.75) is 19.9 Å². The molecule has 0 aliphatic rings. The number of aryl methyl sites for hydroxylation is 1. The number of carbonyl (C=O) groups excluding carboxylic acids is 1. The van der Waals surface area contributed by atoms with Crippen molar-refractivity contribution in [2.24, 2.45) is 5.73 Å². The molecule has 2 aromatic rings. The lowest BCUT2D eigenvalue weighted by atomic mass is 10.1. The van der Waals surface area contributed by atoms with Crippen LogP contribution >= 0.6 is 0 Å². The zero-order valence-electron chi connectivity index (χ0n) is 10.3. The Morgan fingerprint density at radius 3 is 2.72 bits per heavy atom. The predicted octanol–water partition coefficient (Wildman–Crippen LogP) is 2.23. The van der Waals surface area contributed by atoms with E-state index in [1.165, 1.54) is 0 Å². The van der Waals surface area contributed by atoms with Crippen LogP contribution < -0.4 is 11.1 Å². The molecule has 94 valence electrons. The van der Waals surface area contributed by atoms with Gasteiger partial charge in [0.15, 0.2) is 0 Å². The molecule has 0 aliphatic carbocycles. The summed E-state index contributed by atoms with van der Waals surface area (Å²) in [5.41, 5.74) is 7.02. The molecule has 4 heteroatoms. The third-order valence-corrected chi connectivity index (χ3v) is 2.63. The highest BCUT2D eigenvalue weighted by Crippen LogP contribution is 2.17. The van der Waals surface area contributed by atoms with Gasteiger partial charge in [-0.1, -0.05) is 18.2 Å². The Hall–Kier alpha value is -2.23. The van der Waals surface area contributed by atoms with Crippen molar-refractivity contribution in [1.29, 1.82) is 0 Å². The summed E-state index contributed by atoms with van der Waals surface area (Å²) >= 11 is 0. The van der Waals surface area contributed by atoms with Crippen molar-refractivity contribution in [3.05, 3.63) is 53.5 Å². The topological polar surface area (TPSA) is 68.3 Å². The molecule has 0 atom stereocenters. The number of nitrogens with two attached hydrogens (primary N) is 1. The Morgan fingerprint density at radius 2 is 2.06 bits per heavy atom. The van der Waals surface area contributed by atoms with Crippen molar-refractivity contribution >= 4 is 11.6 Å². The first-order valence-electron chi connectivity index (χ1n) is 5.80. The zero-order valence-corrected chi connectivity index (χ0v) is 10.3. The number of amides is 1. The summed E-state index contributed by atoms with van der Waals surface area (Å²) < 4.78 is 5.47. The zero-order chi connectivity index (χ0) is 13.0. The first-order valence-corrected chi connectivity index (χ1v) is 5.80. The highest BCUT2D eigenvalue weighted by molar-refractivity contribution is 5.78. The number of anilines is 1. The molecule has 1 heterocycles. The summed E-state index contributed by atoms with van der Waals surface area (Å²) in [6.07, 6.45) is 0.236. The molecule has 0 aliphatic heterocycles. The molecule has 0 bridgehead atoms. The fourth-order valence-electron chi connectivity index (χ4n) is 1.80. The van der Waals surface area contributed by atoms with Crippen LogP contribution in [-0.2, 0) is 17.8 Å². The number of furan rings is 1. The van der Waals surface area contributed by atoms with Gasteiger partial charge >= 0.3 is 0 Å². The summed E-state index contributed by atoms with van der Waals surface area (Å²) in [5.74, 6) is 1.41. The number of benzene rings is 1. The minimum atomic E-state index is -0.335. The normalized spacial score (nSPS) is 10.3. The van der Waals surface area contributed by atoms with Gasteiger partial charge in [-0.15, -0.1) is 0 Å². The van der Waals surface area contributed by atoms with Gasteiger partial charge in [0.05, 0.1) is 13.0 Å². The molecule has 0 saturated carbocycles. The molecular formula is C14H16N2O2. The Balaban J connectivity index is 2.06. The smallest absolute Gasteiger partial charge is 0.221 e. The second kappa shape index (κ2) is 5.40. The van der Waals surface area contributed by atoms with Crippen LogP contribution in [0.2, 0.25) is 0 Å². The lowest BCUT2D eigenvalue weighted by Gasteiger charge is -2.09. The number of rotatable bonds is 5. The molecule has 0 radical (unpaired) electrons. The van der Waals surface area contributed by atoms with E-state index in [0.29, 0.717) is 6.54 Å². The first-order chi connectivity index (χ1) is 8.65. The van der Waals surface area contributed by atoms with Gasteiger partial charge in [0, 0.05) is 5.69 Å². The van der Waals surface area contributed by atoms with Gasteiger partial charge in [-0.05, 0) is 30.7 Å². The fraction of sp³-hybridized carbons (Fsp3) is 0.214. The van der Waals surface area contributed by atoms with Gasteiger partial charge in [0.2, 0.25) is 5.91 Å². The maximum Gasteiger partial charge on any atom is 0.221 e. The quantitative estimate of drug-likeness (QED) is 0.847. The average molecular weight is 244 g/mol. The second-order valence-corrected chi connectivity index (χ2v) is 4.17. The van der Waals surface area contributed by atoms with Crippen LogP contribution in [0.25, 0.3) is 0 Å². The minimum absolute atomic E-state index is 0.236. The molecule has 0 fully saturated rings. The third kappa shape index (κ3) is 3.13. The van der Waals surface area contributed by atoms with Crippen LogP contribution in [0.1, 0.15) is 17.1 Å². The van der Waals surface area contributed by atoms with E-state index in [2.05, 4.69) is 5.32 Å². The van der Waals surface area contributed by atoms with Gasteiger partial charge in [-0.2, -0.15) is 0 Å². The molecule has 1 aromatic carbocycles. The summed E-state index contributed by atoms with van der Waals surface area (Å²) in [5, 5.41) is 3.25. The van der Waals surface area contributed by atoms with E-state index < -0.39 is 0 Å². The van der Waals surface area contributed by atoms with Crippen molar-refractivity contribution in [2.75, 3.05) is 5.32 Å². The van der Waals surface area contributed by atoms with Gasteiger partial charge < -0.3 is 15.5 Å². The highest BCUT2D eigenvalue weighted by Gasteiger charge is 2.05. The van der Waals surface area contributed by atoms with E-state index >= 15 is 0 Å². The number of carbonyl (C=O) groups is 1. The number of primary amides is 1. The predicted molar refractivity (Wildman–Crippen MR) is 70.1 cm³/mol. The van der Waals surface area contributed by atoms with E-state index in [1.54, 1.807) is 0 Å². The molecule has 18 heavy (non-hydrogen) atoms. The summed E-state index contributed by atoms with van der Waals surface area (Å²) in [7, 11) is 0. The van der Waals surface area contributed by atoms with Crippen LogP contribution in [0.3, 0.4) is 0 Å². The molecule has 4 nitrogen and oxygen atoms in total. The molecule has 1 aromatic heterocycles. The largest absolute Gasteiger partial charge is 0.465 e. The van der Waals surface area contributed by atoms with Crippen molar-refractivity contribution in [3.63, 3.8) is 0 Å². The lowest BCUT2D eigenvalue weighted by molar-refractivity contribution is -0.117. The molecule has 2 rings (SSSR count). The summed E-state index contributed by atoms with van der Waals surface area (Å²) in [4.78, 5) is 11.0. The summed E-state index contributed by atoms with van der Waals surface area (Å²) in [6, 6.07) is 11.5. The monoisotopic (exact) mass is 244 g/mol. The van der Waals surface area contributed by atoms with E-state index in [-0.39, 0.29) is 12.3 Å². The van der Waals surface area contributed by atoms with Crippen molar-refractivity contribution in [3.8, 4) is 0 Å². The molecule has 1 amide bonds. The number of hydrogen-bond donors (Lipinski definition) is 2.